The van der Waals surface area contributed by atoms with Crippen LogP contribution in [0.1, 0.15) is 24.2 Å². The molecule has 3 aromatic heterocycles. The SMILES string of the molecule is CC(CO)c1cccc2c1sc1ncn(Cc3ccc(Br)o3)c(=O)c12. The van der Waals surface area contributed by atoms with Crippen LogP contribution in [0.2, 0.25) is 0 Å². The van der Waals surface area contributed by atoms with Crippen molar-refractivity contribution in [1.29, 1.82) is 0 Å². The third kappa shape index (κ3) is 2.82. The van der Waals surface area contributed by atoms with Crippen molar-refractivity contribution >= 4 is 47.6 Å². The van der Waals surface area contributed by atoms with Gasteiger partial charge < -0.3 is 9.52 Å². The molecule has 0 aliphatic heterocycles. The molecule has 0 radical (unpaired) electrons. The molecule has 1 atom stereocenters. The number of thiophene rings is 1. The predicted molar refractivity (Wildman–Crippen MR) is 102 cm³/mol. The second-order valence-electron chi connectivity index (χ2n) is 5.97. The zero-order valence-electron chi connectivity index (χ0n) is 13.4. The first-order valence-electron chi connectivity index (χ1n) is 7.84. The molecule has 1 unspecified atom stereocenters. The van der Waals surface area contributed by atoms with Gasteiger partial charge >= 0.3 is 0 Å². The number of fused-ring (bicyclic) bond motifs is 3. The maximum atomic E-state index is 13.0. The monoisotopic (exact) mass is 418 g/mol. The van der Waals surface area contributed by atoms with Gasteiger partial charge in [-0.05, 0) is 33.6 Å². The minimum atomic E-state index is -0.0856. The van der Waals surface area contributed by atoms with Gasteiger partial charge in [-0.2, -0.15) is 0 Å². The van der Waals surface area contributed by atoms with Crippen molar-refractivity contribution in [2.45, 2.75) is 19.4 Å². The minimum absolute atomic E-state index is 0.0134. The maximum Gasteiger partial charge on any atom is 0.263 e. The quantitative estimate of drug-likeness (QED) is 0.541. The van der Waals surface area contributed by atoms with Crippen LogP contribution in [0.5, 0.6) is 0 Å². The summed E-state index contributed by atoms with van der Waals surface area (Å²) < 4.78 is 8.70. The topological polar surface area (TPSA) is 68.3 Å². The molecule has 4 rings (SSSR count). The number of aromatic nitrogens is 2. The standard InChI is InChI=1S/C18H15BrN2O3S/c1-10(8-22)12-3-2-4-13-15-17(25-16(12)13)20-9-21(18(15)23)7-11-5-6-14(19)24-11/h2-6,9-10,22H,7-8H2,1H3. The Hall–Kier alpha value is -1.96. The van der Waals surface area contributed by atoms with E-state index >= 15 is 0 Å². The molecule has 5 nitrogen and oxygen atoms in total. The third-order valence-corrected chi connectivity index (χ3v) is 5.87. The van der Waals surface area contributed by atoms with Crippen LogP contribution in [0.4, 0.5) is 0 Å². The van der Waals surface area contributed by atoms with Gasteiger partial charge in [-0.15, -0.1) is 11.3 Å². The number of aliphatic hydroxyl groups is 1. The lowest BCUT2D eigenvalue weighted by molar-refractivity contribution is 0.274. The molecular formula is C18H15BrN2O3S. The molecule has 0 saturated carbocycles. The van der Waals surface area contributed by atoms with E-state index in [4.69, 9.17) is 4.42 Å². The van der Waals surface area contributed by atoms with Gasteiger partial charge in [-0.25, -0.2) is 4.98 Å². The smallest absolute Gasteiger partial charge is 0.263 e. The van der Waals surface area contributed by atoms with Crippen molar-refractivity contribution in [3.05, 3.63) is 63.0 Å². The summed E-state index contributed by atoms with van der Waals surface area (Å²) in [5.41, 5.74) is 0.960. The fraction of sp³-hybridized carbons (Fsp3) is 0.222. The van der Waals surface area contributed by atoms with Crippen LogP contribution >= 0.6 is 27.3 Å². The highest BCUT2D eigenvalue weighted by Gasteiger charge is 2.17. The summed E-state index contributed by atoms with van der Waals surface area (Å²) in [6, 6.07) is 9.49. The van der Waals surface area contributed by atoms with Crippen LogP contribution in [0, 0.1) is 0 Å². The van der Waals surface area contributed by atoms with Crippen LogP contribution in [-0.4, -0.2) is 21.3 Å². The Kier molecular flexibility index (Phi) is 4.23. The molecule has 0 amide bonds. The van der Waals surface area contributed by atoms with Gasteiger partial charge in [0.05, 0.1) is 18.3 Å². The van der Waals surface area contributed by atoms with Crippen LogP contribution in [0.25, 0.3) is 20.3 Å². The van der Waals surface area contributed by atoms with Crippen molar-refractivity contribution < 1.29 is 9.52 Å². The van der Waals surface area contributed by atoms with E-state index in [1.165, 1.54) is 11.3 Å². The number of aliphatic hydroxyl groups excluding tert-OH is 1. The molecule has 0 aliphatic carbocycles. The Morgan fingerprint density at radius 1 is 1.36 bits per heavy atom. The normalized spacial score (nSPS) is 12.9. The Bertz CT molecular complexity index is 1130. The molecule has 128 valence electrons. The average molecular weight is 419 g/mol. The molecule has 0 fully saturated rings. The minimum Gasteiger partial charge on any atom is -0.452 e. The Morgan fingerprint density at radius 3 is 2.92 bits per heavy atom. The van der Waals surface area contributed by atoms with Gasteiger partial charge in [-0.1, -0.05) is 25.1 Å². The second-order valence-corrected chi connectivity index (χ2v) is 7.75. The number of furan rings is 1. The van der Waals surface area contributed by atoms with Crippen molar-refractivity contribution in [2.75, 3.05) is 6.61 Å². The van der Waals surface area contributed by atoms with Gasteiger partial charge in [0, 0.05) is 22.6 Å². The molecule has 1 aromatic carbocycles. The molecule has 3 heterocycles. The Morgan fingerprint density at radius 2 is 2.20 bits per heavy atom. The molecule has 0 spiro atoms. The van der Waals surface area contributed by atoms with Crippen molar-refractivity contribution in [2.24, 2.45) is 0 Å². The number of hydrogen-bond acceptors (Lipinski definition) is 5. The lowest BCUT2D eigenvalue weighted by Crippen LogP contribution is -2.20. The molecule has 0 saturated heterocycles. The predicted octanol–water partition coefficient (Wildman–Crippen LogP) is 4.11. The number of nitrogens with zero attached hydrogens (tertiary/aromatic N) is 2. The first kappa shape index (κ1) is 16.5. The van der Waals surface area contributed by atoms with Crippen molar-refractivity contribution in [1.82, 2.24) is 9.55 Å². The van der Waals surface area contributed by atoms with Crippen molar-refractivity contribution in [3.63, 3.8) is 0 Å². The Labute approximate surface area is 155 Å². The third-order valence-electron chi connectivity index (χ3n) is 4.28. The highest BCUT2D eigenvalue weighted by molar-refractivity contribution is 9.10. The van der Waals surface area contributed by atoms with Crippen LogP contribution in [-0.2, 0) is 6.54 Å². The number of hydrogen-bond donors (Lipinski definition) is 1. The van der Waals surface area contributed by atoms with Gasteiger partial charge in [0.2, 0.25) is 0 Å². The van der Waals surface area contributed by atoms with E-state index in [-0.39, 0.29) is 18.1 Å². The lowest BCUT2D eigenvalue weighted by Gasteiger charge is -2.08. The molecular weight excluding hydrogens is 404 g/mol. The number of benzene rings is 1. The first-order chi connectivity index (χ1) is 12.1. The molecule has 0 aliphatic rings. The molecule has 4 aromatic rings. The van der Waals surface area contributed by atoms with E-state index in [2.05, 4.69) is 20.9 Å². The Balaban J connectivity index is 1.91. The van der Waals surface area contributed by atoms with Crippen LogP contribution in [0.15, 0.2) is 50.5 Å². The number of rotatable bonds is 4. The summed E-state index contributed by atoms with van der Waals surface area (Å²) in [5.74, 6) is 0.698. The molecule has 25 heavy (non-hydrogen) atoms. The van der Waals surface area contributed by atoms with Gasteiger partial charge in [0.25, 0.3) is 5.56 Å². The fourth-order valence-corrected chi connectivity index (χ4v) is 4.55. The van der Waals surface area contributed by atoms with Crippen LogP contribution in [0.3, 0.4) is 0 Å². The number of halogens is 1. The average Bonchev–Trinajstić information content (AvgIpc) is 3.19. The van der Waals surface area contributed by atoms with E-state index in [9.17, 15) is 9.90 Å². The van der Waals surface area contributed by atoms with E-state index in [1.807, 2.05) is 31.2 Å². The van der Waals surface area contributed by atoms with E-state index in [0.717, 1.165) is 20.5 Å². The largest absolute Gasteiger partial charge is 0.452 e. The fourth-order valence-electron chi connectivity index (χ4n) is 2.95. The summed E-state index contributed by atoms with van der Waals surface area (Å²) in [6.45, 7) is 2.37. The zero-order chi connectivity index (χ0) is 17.6. The molecule has 0 bridgehead atoms. The summed E-state index contributed by atoms with van der Waals surface area (Å²) in [6.07, 6.45) is 1.56. The summed E-state index contributed by atoms with van der Waals surface area (Å²) in [4.78, 5) is 18.2. The van der Waals surface area contributed by atoms with Crippen LogP contribution < -0.4 is 5.56 Å². The summed E-state index contributed by atoms with van der Waals surface area (Å²) >= 11 is 4.77. The summed E-state index contributed by atoms with van der Waals surface area (Å²) in [5, 5.41) is 11.0. The molecule has 7 heteroatoms. The van der Waals surface area contributed by atoms with Crippen molar-refractivity contribution in [3.8, 4) is 0 Å². The van der Waals surface area contributed by atoms with E-state index in [0.29, 0.717) is 22.4 Å². The second kappa shape index (κ2) is 6.40. The summed E-state index contributed by atoms with van der Waals surface area (Å²) in [7, 11) is 0. The first-order valence-corrected chi connectivity index (χ1v) is 9.45. The van der Waals surface area contributed by atoms with E-state index in [1.54, 1.807) is 17.0 Å². The van der Waals surface area contributed by atoms with Gasteiger partial charge in [-0.3, -0.25) is 9.36 Å². The van der Waals surface area contributed by atoms with Gasteiger partial charge in [0.1, 0.15) is 10.6 Å². The van der Waals surface area contributed by atoms with Gasteiger partial charge in [0.15, 0.2) is 4.67 Å². The zero-order valence-corrected chi connectivity index (χ0v) is 15.8. The maximum absolute atomic E-state index is 13.0. The van der Waals surface area contributed by atoms with E-state index < -0.39 is 0 Å². The highest BCUT2D eigenvalue weighted by atomic mass is 79.9. The highest BCUT2D eigenvalue weighted by Crippen LogP contribution is 2.35. The lowest BCUT2D eigenvalue weighted by atomic mass is 10.0. The molecule has 1 N–H and O–H groups in total.